The van der Waals surface area contributed by atoms with Crippen molar-refractivity contribution in [1.82, 2.24) is 14.9 Å². The number of rotatable bonds is 7. The predicted molar refractivity (Wildman–Crippen MR) is 87.5 cm³/mol. The Morgan fingerprint density at radius 3 is 2.83 bits per heavy atom. The van der Waals surface area contributed by atoms with E-state index in [1.165, 1.54) is 22.2 Å². The molecule has 2 aromatic heterocycles. The molecular formula is C15H19N3O4S. The van der Waals surface area contributed by atoms with Gasteiger partial charge in [-0.15, -0.1) is 11.3 Å². The Morgan fingerprint density at radius 1 is 1.43 bits per heavy atom. The standard InChI is InChI=1S/C15H19N3O4S/c1-9(2)5-10(15(21)22)6-16-12(19)7-18-8-17-13-11(14(18)20)3-4-23-13/h3-4,8-10H,5-7H2,1-2H3,(H,16,19)(H,21,22). The normalized spacial score (nSPS) is 12.5. The van der Waals surface area contributed by atoms with Gasteiger partial charge in [-0.3, -0.25) is 19.0 Å². The summed E-state index contributed by atoms with van der Waals surface area (Å²) in [7, 11) is 0. The van der Waals surface area contributed by atoms with E-state index in [4.69, 9.17) is 5.11 Å². The molecule has 0 aliphatic carbocycles. The topological polar surface area (TPSA) is 101 Å². The molecule has 2 rings (SSSR count). The molecule has 0 saturated heterocycles. The summed E-state index contributed by atoms with van der Waals surface area (Å²) in [6.07, 6.45) is 1.82. The number of carboxylic acids is 1. The van der Waals surface area contributed by atoms with Crippen molar-refractivity contribution in [2.24, 2.45) is 11.8 Å². The summed E-state index contributed by atoms with van der Waals surface area (Å²) >= 11 is 1.36. The van der Waals surface area contributed by atoms with Gasteiger partial charge in [0.05, 0.1) is 17.6 Å². The second-order valence-electron chi connectivity index (χ2n) is 5.79. The SMILES string of the molecule is CC(C)CC(CNC(=O)Cn1cnc2sccc2c1=O)C(=O)O. The highest BCUT2D eigenvalue weighted by molar-refractivity contribution is 7.16. The van der Waals surface area contributed by atoms with Gasteiger partial charge >= 0.3 is 5.97 Å². The molecule has 0 aromatic carbocycles. The summed E-state index contributed by atoms with van der Waals surface area (Å²) in [5.41, 5.74) is -0.275. The van der Waals surface area contributed by atoms with E-state index in [2.05, 4.69) is 10.3 Å². The van der Waals surface area contributed by atoms with Crippen LogP contribution in [0.5, 0.6) is 0 Å². The highest BCUT2D eigenvalue weighted by Crippen LogP contribution is 2.13. The summed E-state index contributed by atoms with van der Waals surface area (Å²) in [6.45, 7) is 3.74. The van der Waals surface area contributed by atoms with Crippen LogP contribution in [0.2, 0.25) is 0 Å². The maximum Gasteiger partial charge on any atom is 0.308 e. The Hall–Kier alpha value is -2.22. The fourth-order valence-corrected chi connectivity index (χ4v) is 3.02. The monoisotopic (exact) mass is 337 g/mol. The highest BCUT2D eigenvalue weighted by Gasteiger charge is 2.20. The Kier molecular flexibility index (Phi) is 5.49. The molecule has 1 unspecified atom stereocenters. The first-order valence-electron chi connectivity index (χ1n) is 7.30. The molecule has 0 radical (unpaired) electrons. The van der Waals surface area contributed by atoms with Gasteiger partial charge in [0.2, 0.25) is 5.91 Å². The van der Waals surface area contributed by atoms with Gasteiger partial charge in [0.15, 0.2) is 0 Å². The average molecular weight is 337 g/mol. The molecule has 0 aliphatic heterocycles. The molecule has 0 spiro atoms. The number of carboxylic acid groups (broad SMARTS) is 1. The van der Waals surface area contributed by atoms with E-state index in [1.807, 2.05) is 13.8 Å². The lowest BCUT2D eigenvalue weighted by molar-refractivity contribution is -0.142. The lowest BCUT2D eigenvalue weighted by atomic mass is 9.97. The zero-order valence-corrected chi connectivity index (χ0v) is 13.8. The summed E-state index contributed by atoms with van der Waals surface area (Å²) in [5.74, 6) is -1.75. The Balaban J connectivity index is 1.99. The van der Waals surface area contributed by atoms with Gasteiger partial charge in [0, 0.05) is 6.54 Å². The van der Waals surface area contributed by atoms with Crippen LogP contribution >= 0.6 is 11.3 Å². The largest absolute Gasteiger partial charge is 0.481 e. The maximum atomic E-state index is 12.2. The van der Waals surface area contributed by atoms with E-state index < -0.39 is 17.8 Å². The minimum absolute atomic E-state index is 0.0508. The van der Waals surface area contributed by atoms with Crippen LogP contribution in [-0.4, -0.2) is 33.1 Å². The first-order valence-corrected chi connectivity index (χ1v) is 8.18. The molecule has 2 aromatic rings. The molecule has 0 bridgehead atoms. The second kappa shape index (κ2) is 7.36. The molecule has 7 nitrogen and oxygen atoms in total. The molecule has 0 aliphatic rings. The van der Waals surface area contributed by atoms with Crippen molar-refractivity contribution < 1.29 is 14.7 Å². The Bertz CT molecular complexity index is 765. The van der Waals surface area contributed by atoms with Crippen LogP contribution in [0.3, 0.4) is 0 Å². The summed E-state index contributed by atoms with van der Waals surface area (Å²) in [4.78, 5) is 40.1. The van der Waals surface area contributed by atoms with Gasteiger partial charge in [-0.2, -0.15) is 0 Å². The minimum atomic E-state index is -0.933. The molecule has 8 heteroatoms. The van der Waals surface area contributed by atoms with Gasteiger partial charge in [-0.25, -0.2) is 4.98 Å². The molecule has 23 heavy (non-hydrogen) atoms. The fraction of sp³-hybridized carbons (Fsp3) is 0.467. The number of carbonyl (C=O) groups excluding carboxylic acids is 1. The summed E-state index contributed by atoms with van der Waals surface area (Å²) in [5, 5.41) is 14.0. The highest BCUT2D eigenvalue weighted by atomic mass is 32.1. The smallest absolute Gasteiger partial charge is 0.308 e. The molecule has 2 N–H and O–H groups in total. The average Bonchev–Trinajstić information content (AvgIpc) is 2.95. The van der Waals surface area contributed by atoms with Crippen LogP contribution in [0.1, 0.15) is 20.3 Å². The first-order chi connectivity index (χ1) is 10.9. The molecule has 0 fully saturated rings. The molecule has 1 atom stereocenters. The van der Waals surface area contributed by atoms with Crippen molar-refractivity contribution in [3.63, 3.8) is 0 Å². The number of nitrogens with one attached hydrogen (secondary N) is 1. The third-order valence-corrected chi connectivity index (χ3v) is 4.24. The number of hydrogen-bond donors (Lipinski definition) is 2. The van der Waals surface area contributed by atoms with E-state index in [0.29, 0.717) is 16.6 Å². The van der Waals surface area contributed by atoms with Crippen molar-refractivity contribution in [3.8, 4) is 0 Å². The van der Waals surface area contributed by atoms with Crippen LogP contribution < -0.4 is 10.9 Å². The molecule has 1 amide bonds. The van der Waals surface area contributed by atoms with E-state index in [1.54, 1.807) is 11.4 Å². The quantitative estimate of drug-likeness (QED) is 0.793. The van der Waals surface area contributed by atoms with Crippen LogP contribution in [0, 0.1) is 11.8 Å². The second-order valence-corrected chi connectivity index (χ2v) is 6.68. The molecule has 0 saturated carbocycles. The number of aliphatic carboxylic acids is 1. The lowest BCUT2D eigenvalue weighted by Gasteiger charge is -2.15. The molecular weight excluding hydrogens is 318 g/mol. The van der Waals surface area contributed by atoms with Crippen molar-refractivity contribution in [1.29, 1.82) is 0 Å². The Morgan fingerprint density at radius 2 is 2.17 bits per heavy atom. The third kappa shape index (κ3) is 4.38. The van der Waals surface area contributed by atoms with E-state index >= 15 is 0 Å². The number of fused-ring (bicyclic) bond motifs is 1. The zero-order valence-electron chi connectivity index (χ0n) is 13.0. The predicted octanol–water partition coefficient (Wildman–Crippen LogP) is 1.32. The number of nitrogens with zero attached hydrogens (tertiary/aromatic N) is 2. The maximum absolute atomic E-state index is 12.2. The summed E-state index contributed by atoms with van der Waals surface area (Å²) < 4.78 is 1.22. The number of aromatic nitrogens is 2. The van der Waals surface area contributed by atoms with Gasteiger partial charge in [0.1, 0.15) is 11.4 Å². The van der Waals surface area contributed by atoms with E-state index in [0.717, 1.165) is 0 Å². The minimum Gasteiger partial charge on any atom is -0.481 e. The van der Waals surface area contributed by atoms with Crippen LogP contribution in [0.4, 0.5) is 0 Å². The van der Waals surface area contributed by atoms with E-state index in [9.17, 15) is 14.4 Å². The van der Waals surface area contributed by atoms with Crippen LogP contribution in [0.25, 0.3) is 10.2 Å². The van der Waals surface area contributed by atoms with E-state index in [-0.39, 0.29) is 24.6 Å². The Labute approximate surface area is 137 Å². The number of thiophene rings is 1. The van der Waals surface area contributed by atoms with Crippen molar-refractivity contribution in [3.05, 3.63) is 28.1 Å². The third-order valence-electron chi connectivity index (χ3n) is 3.42. The number of hydrogen-bond acceptors (Lipinski definition) is 5. The number of amides is 1. The molecule has 124 valence electrons. The number of carbonyl (C=O) groups is 2. The van der Waals surface area contributed by atoms with Crippen molar-refractivity contribution in [2.75, 3.05) is 6.54 Å². The fourth-order valence-electron chi connectivity index (χ4n) is 2.29. The summed E-state index contributed by atoms with van der Waals surface area (Å²) in [6, 6.07) is 1.67. The van der Waals surface area contributed by atoms with Crippen molar-refractivity contribution >= 4 is 33.4 Å². The lowest BCUT2D eigenvalue weighted by Crippen LogP contribution is -2.37. The van der Waals surface area contributed by atoms with Crippen LogP contribution in [-0.2, 0) is 16.1 Å². The van der Waals surface area contributed by atoms with Gasteiger partial charge in [0.25, 0.3) is 5.56 Å². The van der Waals surface area contributed by atoms with Crippen molar-refractivity contribution in [2.45, 2.75) is 26.8 Å². The first kappa shape index (κ1) is 17.1. The van der Waals surface area contributed by atoms with Crippen LogP contribution in [0.15, 0.2) is 22.6 Å². The molecule has 2 heterocycles. The van der Waals surface area contributed by atoms with Gasteiger partial charge in [-0.05, 0) is 23.8 Å². The zero-order chi connectivity index (χ0) is 17.0. The van der Waals surface area contributed by atoms with Gasteiger partial charge in [-0.1, -0.05) is 13.8 Å². The van der Waals surface area contributed by atoms with Gasteiger partial charge < -0.3 is 10.4 Å².